The predicted octanol–water partition coefficient (Wildman–Crippen LogP) is 4.93. The van der Waals surface area contributed by atoms with Gasteiger partial charge in [-0.3, -0.25) is 4.79 Å². The summed E-state index contributed by atoms with van der Waals surface area (Å²) >= 11 is 0. The van der Waals surface area contributed by atoms with Gasteiger partial charge in [0.1, 0.15) is 12.0 Å². The fourth-order valence-electron chi connectivity index (χ4n) is 2.88. The van der Waals surface area contributed by atoms with Gasteiger partial charge >= 0.3 is 5.97 Å². The second-order valence-electron chi connectivity index (χ2n) is 6.01. The molecule has 0 unspecified atom stereocenters. The maximum absolute atomic E-state index is 12.8. The van der Waals surface area contributed by atoms with Gasteiger partial charge in [0.25, 0.3) is 0 Å². The fourth-order valence-corrected chi connectivity index (χ4v) is 2.88. The van der Waals surface area contributed by atoms with Crippen LogP contribution in [0, 0.1) is 0 Å². The van der Waals surface area contributed by atoms with Crippen molar-refractivity contribution >= 4 is 23.2 Å². The van der Waals surface area contributed by atoms with Crippen molar-refractivity contribution < 1.29 is 14.3 Å². The molecule has 0 aliphatic heterocycles. The summed E-state index contributed by atoms with van der Waals surface area (Å²) in [5, 5.41) is 0.728. The SMILES string of the molecule is O=Cc1ccc(OC(=O)c2cc(-c3ccccc3)nc3ccccc23)cc1. The first-order valence-electron chi connectivity index (χ1n) is 8.47. The van der Waals surface area contributed by atoms with Gasteiger partial charge in [-0.05, 0) is 36.4 Å². The Hall–Kier alpha value is -3.79. The zero-order valence-corrected chi connectivity index (χ0v) is 14.3. The van der Waals surface area contributed by atoms with Gasteiger partial charge in [-0.25, -0.2) is 9.78 Å². The summed E-state index contributed by atoms with van der Waals surface area (Å²) < 4.78 is 5.52. The number of benzene rings is 3. The molecule has 0 aliphatic rings. The summed E-state index contributed by atoms with van der Waals surface area (Å²) in [6, 6.07) is 25.3. The van der Waals surface area contributed by atoms with Crippen LogP contribution >= 0.6 is 0 Å². The van der Waals surface area contributed by atoms with Crippen LogP contribution in [0.25, 0.3) is 22.2 Å². The van der Waals surface area contributed by atoms with Gasteiger partial charge in [-0.1, -0.05) is 48.5 Å². The molecule has 1 heterocycles. The number of hydrogen-bond donors (Lipinski definition) is 0. The van der Waals surface area contributed by atoms with Crippen LogP contribution in [-0.4, -0.2) is 17.2 Å². The molecule has 0 fully saturated rings. The van der Waals surface area contributed by atoms with Crippen molar-refractivity contribution in [2.75, 3.05) is 0 Å². The van der Waals surface area contributed by atoms with Gasteiger partial charge in [-0.15, -0.1) is 0 Å². The van der Waals surface area contributed by atoms with Crippen LogP contribution in [-0.2, 0) is 0 Å². The van der Waals surface area contributed by atoms with Gasteiger partial charge in [0.2, 0.25) is 0 Å². The van der Waals surface area contributed by atoms with Crippen molar-refractivity contribution in [3.05, 3.63) is 96.1 Å². The number of nitrogens with zero attached hydrogens (tertiary/aromatic N) is 1. The van der Waals surface area contributed by atoms with Gasteiger partial charge in [0, 0.05) is 16.5 Å². The third-order valence-electron chi connectivity index (χ3n) is 4.23. The predicted molar refractivity (Wildman–Crippen MR) is 104 cm³/mol. The molecule has 130 valence electrons. The number of carbonyl (C=O) groups is 2. The van der Waals surface area contributed by atoms with E-state index in [-0.39, 0.29) is 0 Å². The minimum Gasteiger partial charge on any atom is -0.423 e. The monoisotopic (exact) mass is 353 g/mol. The maximum atomic E-state index is 12.8. The first-order chi connectivity index (χ1) is 13.2. The van der Waals surface area contributed by atoms with E-state index in [1.807, 2.05) is 54.6 Å². The smallest absolute Gasteiger partial charge is 0.344 e. The Labute approximate surface area is 156 Å². The van der Waals surface area contributed by atoms with Crippen LogP contribution in [0.2, 0.25) is 0 Å². The van der Waals surface area contributed by atoms with E-state index in [0.29, 0.717) is 22.6 Å². The molecular weight excluding hydrogens is 338 g/mol. The van der Waals surface area contributed by atoms with Gasteiger partial charge in [-0.2, -0.15) is 0 Å². The van der Waals surface area contributed by atoms with Crippen LogP contribution in [0.15, 0.2) is 84.9 Å². The lowest BCUT2D eigenvalue weighted by molar-refractivity contribution is 0.0736. The number of hydrogen-bond acceptors (Lipinski definition) is 4. The lowest BCUT2D eigenvalue weighted by Crippen LogP contribution is -2.10. The first kappa shape index (κ1) is 16.7. The average Bonchev–Trinajstić information content (AvgIpc) is 2.74. The van der Waals surface area contributed by atoms with E-state index in [2.05, 4.69) is 4.98 Å². The Morgan fingerprint density at radius 2 is 1.56 bits per heavy atom. The van der Waals surface area contributed by atoms with E-state index in [0.717, 1.165) is 22.8 Å². The number of para-hydroxylation sites is 1. The molecule has 0 bridgehead atoms. The summed E-state index contributed by atoms with van der Waals surface area (Å²) in [6.45, 7) is 0. The highest BCUT2D eigenvalue weighted by atomic mass is 16.5. The Bertz CT molecular complexity index is 1120. The zero-order valence-electron chi connectivity index (χ0n) is 14.3. The molecule has 0 amide bonds. The summed E-state index contributed by atoms with van der Waals surface area (Å²) in [5.74, 6) is -0.0858. The number of esters is 1. The number of aldehydes is 1. The number of fused-ring (bicyclic) bond motifs is 1. The third-order valence-corrected chi connectivity index (χ3v) is 4.23. The number of pyridine rings is 1. The van der Waals surface area contributed by atoms with Crippen molar-refractivity contribution in [1.29, 1.82) is 0 Å². The molecule has 0 saturated carbocycles. The molecule has 4 nitrogen and oxygen atoms in total. The molecular formula is C23H15NO3. The molecule has 0 saturated heterocycles. The Morgan fingerprint density at radius 1 is 0.852 bits per heavy atom. The average molecular weight is 353 g/mol. The van der Waals surface area contributed by atoms with E-state index >= 15 is 0 Å². The molecule has 4 heteroatoms. The molecule has 1 aromatic heterocycles. The standard InChI is InChI=1S/C23H15NO3/c25-15-16-10-12-18(13-11-16)27-23(26)20-14-22(17-6-2-1-3-7-17)24-21-9-5-4-8-19(20)21/h1-15H. The fraction of sp³-hybridized carbons (Fsp3) is 0. The van der Waals surface area contributed by atoms with Crippen LogP contribution in [0.3, 0.4) is 0 Å². The number of rotatable bonds is 4. The zero-order chi connectivity index (χ0) is 18.6. The Kier molecular flexibility index (Phi) is 4.45. The van der Waals surface area contributed by atoms with Crippen molar-refractivity contribution in [2.45, 2.75) is 0 Å². The van der Waals surface area contributed by atoms with E-state index in [1.54, 1.807) is 30.3 Å². The second kappa shape index (κ2) is 7.22. The van der Waals surface area contributed by atoms with Crippen molar-refractivity contribution in [3.8, 4) is 17.0 Å². The summed E-state index contributed by atoms with van der Waals surface area (Å²) in [6.07, 6.45) is 0.744. The number of carbonyl (C=O) groups excluding carboxylic acids is 2. The molecule has 3 aromatic carbocycles. The first-order valence-corrected chi connectivity index (χ1v) is 8.47. The quantitative estimate of drug-likeness (QED) is 0.296. The number of aromatic nitrogens is 1. The van der Waals surface area contributed by atoms with E-state index < -0.39 is 5.97 Å². The maximum Gasteiger partial charge on any atom is 0.344 e. The summed E-state index contributed by atoms with van der Waals surface area (Å²) in [5.41, 5.74) is 3.32. The lowest BCUT2D eigenvalue weighted by Gasteiger charge is -2.10. The van der Waals surface area contributed by atoms with Crippen LogP contribution in [0.1, 0.15) is 20.7 Å². The number of ether oxygens (including phenoxy) is 1. The Balaban J connectivity index is 1.76. The van der Waals surface area contributed by atoms with Gasteiger partial charge in [0.05, 0.1) is 16.8 Å². The summed E-state index contributed by atoms with van der Waals surface area (Å²) in [4.78, 5) is 28.3. The minimum absolute atomic E-state index is 0.382. The molecule has 0 aliphatic carbocycles. The topological polar surface area (TPSA) is 56.3 Å². The molecule has 0 N–H and O–H groups in total. The van der Waals surface area contributed by atoms with Crippen LogP contribution in [0.4, 0.5) is 0 Å². The molecule has 0 atom stereocenters. The van der Waals surface area contributed by atoms with Crippen molar-refractivity contribution in [2.24, 2.45) is 0 Å². The molecule has 4 rings (SSSR count). The highest BCUT2D eigenvalue weighted by Gasteiger charge is 2.16. The molecule has 0 spiro atoms. The Morgan fingerprint density at radius 3 is 2.30 bits per heavy atom. The van der Waals surface area contributed by atoms with E-state index in [1.165, 1.54) is 0 Å². The van der Waals surface area contributed by atoms with Crippen LogP contribution < -0.4 is 4.74 Å². The minimum atomic E-state index is -0.468. The molecule has 27 heavy (non-hydrogen) atoms. The van der Waals surface area contributed by atoms with E-state index in [4.69, 9.17) is 4.74 Å². The normalized spacial score (nSPS) is 10.5. The second-order valence-corrected chi connectivity index (χ2v) is 6.01. The van der Waals surface area contributed by atoms with E-state index in [9.17, 15) is 9.59 Å². The molecule has 4 aromatic rings. The molecule has 0 radical (unpaired) electrons. The van der Waals surface area contributed by atoms with Gasteiger partial charge < -0.3 is 4.74 Å². The van der Waals surface area contributed by atoms with Gasteiger partial charge in [0.15, 0.2) is 0 Å². The summed E-state index contributed by atoms with van der Waals surface area (Å²) in [7, 11) is 0. The highest BCUT2D eigenvalue weighted by molar-refractivity contribution is 6.05. The highest BCUT2D eigenvalue weighted by Crippen LogP contribution is 2.26. The van der Waals surface area contributed by atoms with Crippen LogP contribution in [0.5, 0.6) is 5.75 Å². The van der Waals surface area contributed by atoms with Crippen molar-refractivity contribution in [1.82, 2.24) is 4.98 Å². The lowest BCUT2D eigenvalue weighted by atomic mass is 10.0. The van der Waals surface area contributed by atoms with Crippen molar-refractivity contribution in [3.63, 3.8) is 0 Å². The third kappa shape index (κ3) is 3.46. The largest absolute Gasteiger partial charge is 0.423 e.